The van der Waals surface area contributed by atoms with E-state index in [2.05, 4.69) is 13.8 Å². The lowest BCUT2D eigenvalue weighted by Crippen LogP contribution is -2.05. The van der Waals surface area contributed by atoms with Gasteiger partial charge in [-0.05, 0) is 24.7 Å². The van der Waals surface area contributed by atoms with Gasteiger partial charge in [0.15, 0.2) is 0 Å². The average Bonchev–Trinajstić information content (AvgIpc) is 2.69. The first-order chi connectivity index (χ1) is 5.22. The Morgan fingerprint density at radius 2 is 2.09 bits per heavy atom. The van der Waals surface area contributed by atoms with Crippen molar-refractivity contribution in [3.05, 3.63) is 6.10 Å². The average molecular weight is 155 g/mol. The highest BCUT2D eigenvalue weighted by molar-refractivity contribution is 4.87. The van der Waals surface area contributed by atoms with Crippen LogP contribution in [0.5, 0.6) is 0 Å². The number of hydrogen-bond acceptors (Lipinski definition) is 1. The third-order valence-corrected chi connectivity index (χ3v) is 2.14. The van der Waals surface area contributed by atoms with Gasteiger partial charge in [-0.3, -0.25) is 0 Å². The summed E-state index contributed by atoms with van der Waals surface area (Å²) in [6.07, 6.45) is 6.51. The molecule has 0 spiro atoms. The van der Waals surface area contributed by atoms with Crippen LogP contribution in [0.2, 0.25) is 0 Å². The number of hydrogen-bond donors (Lipinski definition) is 0. The van der Waals surface area contributed by atoms with Gasteiger partial charge in [0.05, 0.1) is 6.10 Å². The molecule has 0 amide bonds. The lowest BCUT2D eigenvalue weighted by atomic mass is 10.0. The minimum atomic E-state index is 0.740. The van der Waals surface area contributed by atoms with E-state index >= 15 is 0 Å². The van der Waals surface area contributed by atoms with Crippen LogP contribution in [0.1, 0.15) is 39.5 Å². The number of rotatable bonds is 5. The van der Waals surface area contributed by atoms with E-state index in [1.807, 2.05) is 0 Å². The second-order valence-electron chi connectivity index (χ2n) is 3.99. The van der Waals surface area contributed by atoms with Crippen LogP contribution in [0.4, 0.5) is 0 Å². The number of methoxy groups -OCH3 is 1. The first-order valence-corrected chi connectivity index (χ1v) is 4.61. The summed E-state index contributed by atoms with van der Waals surface area (Å²) in [6.45, 7) is 4.48. The first kappa shape index (κ1) is 9.05. The molecular formula is C10H19O. The van der Waals surface area contributed by atoms with Crippen molar-refractivity contribution < 1.29 is 4.74 Å². The van der Waals surface area contributed by atoms with Gasteiger partial charge in [-0.15, -0.1) is 0 Å². The van der Waals surface area contributed by atoms with Gasteiger partial charge in [0.25, 0.3) is 0 Å². The Morgan fingerprint density at radius 1 is 1.45 bits per heavy atom. The van der Waals surface area contributed by atoms with Crippen molar-refractivity contribution in [2.24, 2.45) is 11.8 Å². The summed E-state index contributed by atoms with van der Waals surface area (Å²) < 4.78 is 5.33. The van der Waals surface area contributed by atoms with Crippen molar-refractivity contribution in [3.63, 3.8) is 0 Å². The van der Waals surface area contributed by atoms with Gasteiger partial charge in [-0.2, -0.15) is 0 Å². The third-order valence-electron chi connectivity index (χ3n) is 2.14. The quantitative estimate of drug-likeness (QED) is 0.593. The molecule has 1 aliphatic rings. The molecule has 0 heterocycles. The molecule has 0 N–H and O–H groups in total. The van der Waals surface area contributed by atoms with Gasteiger partial charge in [0.2, 0.25) is 0 Å². The molecule has 1 fully saturated rings. The van der Waals surface area contributed by atoms with Gasteiger partial charge >= 0.3 is 0 Å². The SMILES string of the molecule is CO[C](CC(C)C)CC1CC1. The Kier molecular flexibility index (Phi) is 3.38. The standard InChI is InChI=1S/C10H19O/c1-8(2)6-10(11-3)7-9-4-5-9/h8-9H,4-7H2,1-3H3. The van der Waals surface area contributed by atoms with Crippen LogP contribution in [0.25, 0.3) is 0 Å². The van der Waals surface area contributed by atoms with Crippen LogP contribution in [-0.4, -0.2) is 7.11 Å². The Bertz CT molecular complexity index is 101. The highest BCUT2D eigenvalue weighted by atomic mass is 16.5. The molecule has 0 aliphatic heterocycles. The van der Waals surface area contributed by atoms with Crippen molar-refractivity contribution in [3.8, 4) is 0 Å². The summed E-state index contributed by atoms with van der Waals surface area (Å²) in [5.41, 5.74) is 0. The van der Waals surface area contributed by atoms with E-state index in [0.29, 0.717) is 0 Å². The van der Waals surface area contributed by atoms with E-state index in [0.717, 1.165) is 18.3 Å². The minimum Gasteiger partial charge on any atom is -0.375 e. The predicted molar refractivity (Wildman–Crippen MR) is 47.0 cm³/mol. The summed E-state index contributed by atoms with van der Waals surface area (Å²) in [4.78, 5) is 0. The Hall–Kier alpha value is -0.0400. The second-order valence-corrected chi connectivity index (χ2v) is 3.99. The molecule has 1 aliphatic carbocycles. The van der Waals surface area contributed by atoms with Gasteiger partial charge in [-0.1, -0.05) is 26.7 Å². The van der Waals surface area contributed by atoms with Crippen LogP contribution in [-0.2, 0) is 4.74 Å². The zero-order valence-electron chi connectivity index (χ0n) is 7.89. The molecule has 11 heavy (non-hydrogen) atoms. The molecule has 65 valence electrons. The van der Waals surface area contributed by atoms with Crippen LogP contribution in [0, 0.1) is 17.9 Å². The smallest absolute Gasteiger partial charge is 0.0972 e. The van der Waals surface area contributed by atoms with Crippen molar-refractivity contribution in [1.82, 2.24) is 0 Å². The molecule has 1 saturated carbocycles. The monoisotopic (exact) mass is 155 g/mol. The molecule has 0 aromatic carbocycles. The Morgan fingerprint density at radius 3 is 2.45 bits per heavy atom. The molecule has 1 nitrogen and oxygen atoms in total. The third kappa shape index (κ3) is 3.76. The normalized spacial score (nSPS) is 18.3. The van der Waals surface area contributed by atoms with E-state index in [-0.39, 0.29) is 0 Å². The van der Waals surface area contributed by atoms with E-state index in [1.54, 1.807) is 7.11 Å². The fraction of sp³-hybridized carbons (Fsp3) is 0.900. The first-order valence-electron chi connectivity index (χ1n) is 4.61. The summed E-state index contributed by atoms with van der Waals surface area (Å²) in [5.74, 6) is 1.70. The fourth-order valence-electron chi connectivity index (χ4n) is 1.35. The maximum absolute atomic E-state index is 5.33. The molecule has 1 rings (SSSR count). The van der Waals surface area contributed by atoms with E-state index in [9.17, 15) is 0 Å². The van der Waals surface area contributed by atoms with Crippen molar-refractivity contribution in [2.75, 3.05) is 7.11 Å². The van der Waals surface area contributed by atoms with Gasteiger partial charge < -0.3 is 4.74 Å². The lowest BCUT2D eigenvalue weighted by molar-refractivity contribution is 0.168. The van der Waals surface area contributed by atoms with E-state index in [4.69, 9.17) is 4.74 Å². The molecule has 1 radical (unpaired) electrons. The molecule has 1 heteroatoms. The molecule has 0 unspecified atom stereocenters. The fourth-order valence-corrected chi connectivity index (χ4v) is 1.35. The predicted octanol–water partition coefficient (Wildman–Crippen LogP) is 3.01. The summed E-state index contributed by atoms with van der Waals surface area (Å²) in [7, 11) is 1.81. The topological polar surface area (TPSA) is 9.23 Å². The second kappa shape index (κ2) is 4.10. The van der Waals surface area contributed by atoms with Crippen molar-refractivity contribution >= 4 is 0 Å². The molecule has 0 aromatic rings. The zero-order chi connectivity index (χ0) is 8.27. The Balaban J connectivity index is 2.12. The minimum absolute atomic E-state index is 0.740. The number of ether oxygens (including phenoxy) is 1. The van der Waals surface area contributed by atoms with Gasteiger partial charge in [-0.25, -0.2) is 0 Å². The van der Waals surface area contributed by atoms with Crippen molar-refractivity contribution in [2.45, 2.75) is 39.5 Å². The van der Waals surface area contributed by atoms with Crippen LogP contribution in [0.15, 0.2) is 0 Å². The molecule has 0 atom stereocenters. The Labute approximate surface area is 70.1 Å². The van der Waals surface area contributed by atoms with E-state index in [1.165, 1.54) is 25.4 Å². The maximum Gasteiger partial charge on any atom is 0.0972 e. The highest BCUT2D eigenvalue weighted by Gasteiger charge is 2.26. The summed E-state index contributed by atoms with van der Waals surface area (Å²) >= 11 is 0. The molecular weight excluding hydrogens is 136 g/mol. The van der Waals surface area contributed by atoms with E-state index < -0.39 is 0 Å². The van der Waals surface area contributed by atoms with Gasteiger partial charge in [0, 0.05) is 7.11 Å². The highest BCUT2D eigenvalue weighted by Crippen LogP contribution is 2.37. The van der Waals surface area contributed by atoms with Crippen molar-refractivity contribution in [1.29, 1.82) is 0 Å². The van der Waals surface area contributed by atoms with Gasteiger partial charge in [0.1, 0.15) is 0 Å². The molecule has 0 saturated heterocycles. The zero-order valence-corrected chi connectivity index (χ0v) is 7.89. The summed E-state index contributed by atoms with van der Waals surface area (Å²) in [6, 6.07) is 0. The summed E-state index contributed by atoms with van der Waals surface area (Å²) in [5, 5.41) is 0. The largest absolute Gasteiger partial charge is 0.375 e. The lowest BCUT2D eigenvalue weighted by Gasteiger charge is -2.15. The van der Waals surface area contributed by atoms with Crippen LogP contribution in [0.3, 0.4) is 0 Å². The maximum atomic E-state index is 5.33. The molecule has 0 bridgehead atoms. The molecule has 0 aromatic heterocycles. The van der Waals surface area contributed by atoms with Crippen LogP contribution >= 0.6 is 0 Å². The van der Waals surface area contributed by atoms with Crippen LogP contribution < -0.4 is 0 Å².